The normalized spacial score (nSPS) is 21.2. The summed E-state index contributed by atoms with van der Waals surface area (Å²) in [6, 6.07) is 7.35. The number of carbonyl (C=O) groups is 1. The minimum atomic E-state index is -4.60. The van der Waals surface area contributed by atoms with Gasteiger partial charge in [-0.1, -0.05) is 11.6 Å². The van der Waals surface area contributed by atoms with Crippen molar-refractivity contribution < 1.29 is 31.3 Å². The third kappa shape index (κ3) is 3.90. The molecule has 1 heterocycles. The molecule has 0 aliphatic carbocycles. The minimum absolute atomic E-state index is 0.0196. The molecule has 1 amide bonds. The van der Waals surface area contributed by atoms with E-state index in [1.54, 1.807) is 0 Å². The molecule has 0 spiro atoms. The molecule has 10 heteroatoms. The van der Waals surface area contributed by atoms with Gasteiger partial charge in [-0.2, -0.15) is 8.42 Å². The van der Waals surface area contributed by atoms with Gasteiger partial charge in [0.25, 0.3) is 10.1 Å². The van der Waals surface area contributed by atoms with E-state index in [0.717, 1.165) is 24.0 Å². The Kier molecular flexibility index (Phi) is 5.11. The maximum atomic E-state index is 13.8. The Morgan fingerprint density at radius 3 is 2.22 bits per heavy atom. The van der Waals surface area contributed by atoms with Gasteiger partial charge in [0.15, 0.2) is 0 Å². The van der Waals surface area contributed by atoms with Gasteiger partial charge in [0.05, 0.1) is 0 Å². The smallest absolute Gasteiger partial charge is 0.415 e. The lowest BCUT2D eigenvalue weighted by molar-refractivity contribution is 0.129. The van der Waals surface area contributed by atoms with Crippen LogP contribution >= 0.6 is 11.6 Å². The lowest BCUT2D eigenvalue weighted by atomic mass is 9.98. The molecular weight excluding hydrogens is 404 g/mol. The van der Waals surface area contributed by atoms with Crippen molar-refractivity contribution >= 4 is 33.5 Å². The largest absolute Gasteiger partial charge is 0.442 e. The van der Waals surface area contributed by atoms with Gasteiger partial charge in [-0.15, -0.1) is 0 Å². The van der Waals surface area contributed by atoms with Gasteiger partial charge in [-0.25, -0.2) is 13.6 Å². The summed E-state index contributed by atoms with van der Waals surface area (Å²) in [6.45, 7) is 1.14. The van der Waals surface area contributed by atoms with Gasteiger partial charge in [0, 0.05) is 16.8 Å². The Bertz CT molecular complexity index is 963. The van der Waals surface area contributed by atoms with Crippen LogP contribution in [-0.2, 0) is 14.9 Å². The number of ether oxygens (including phenoxy) is 1. The van der Waals surface area contributed by atoms with Gasteiger partial charge >= 0.3 is 6.09 Å². The maximum absolute atomic E-state index is 13.8. The Morgan fingerprint density at radius 2 is 1.70 bits per heavy atom. The number of halogens is 3. The Morgan fingerprint density at radius 1 is 1.15 bits per heavy atom. The fraction of sp³-hybridized carbons (Fsp3) is 0.235. The predicted molar refractivity (Wildman–Crippen MR) is 94.3 cm³/mol. The van der Waals surface area contributed by atoms with Crippen LogP contribution in [0.5, 0.6) is 0 Å². The van der Waals surface area contributed by atoms with Crippen LogP contribution in [0.3, 0.4) is 0 Å². The van der Waals surface area contributed by atoms with Gasteiger partial charge < -0.3 is 4.74 Å². The zero-order valence-corrected chi connectivity index (χ0v) is 15.4. The second kappa shape index (κ2) is 7.06. The number of anilines is 1. The molecule has 6 nitrogen and oxygen atoms in total. The highest BCUT2D eigenvalue weighted by atomic mass is 35.5. The SMILES string of the molecule is CC([C@@H]1OC(=O)N(c2ccc(Cl)cc2)[C@H]1c1cc(F)cc(F)c1)S(=O)(=O)O. The summed E-state index contributed by atoms with van der Waals surface area (Å²) >= 11 is 5.84. The molecule has 3 atom stereocenters. The van der Waals surface area contributed by atoms with Crippen LogP contribution < -0.4 is 4.90 Å². The van der Waals surface area contributed by atoms with Crippen molar-refractivity contribution in [3.8, 4) is 0 Å². The fourth-order valence-corrected chi connectivity index (χ4v) is 3.64. The number of amides is 1. The van der Waals surface area contributed by atoms with Crippen LogP contribution in [0.4, 0.5) is 19.3 Å². The Hall–Kier alpha value is -2.23. The Balaban J connectivity index is 2.16. The molecule has 1 unspecified atom stereocenters. The molecule has 1 saturated heterocycles. The number of hydrogen-bond acceptors (Lipinski definition) is 4. The van der Waals surface area contributed by atoms with E-state index in [-0.39, 0.29) is 11.3 Å². The van der Waals surface area contributed by atoms with E-state index in [1.807, 2.05) is 0 Å². The summed E-state index contributed by atoms with van der Waals surface area (Å²) in [5.41, 5.74) is 0.262. The molecule has 0 radical (unpaired) electrons. The summed E-state index contributed by atoms with van der Waals surface area (Å²) in [6.07, 6.45) is -2.32. The molecule has 1 aliphatic rings. The van der Waals surface area contributed by atoms with E-state index < -0.39 is 45.2 Å². The number of hydrogen-bond donors (Lipinski definition) is 1. The summed E-state index contributed by atoms with van der Waals surface area (Å²) in [7, 11) is -4.60. The summed E-state index contributed by atoms with van der Waals surface area (Å²) in [5, 5.41) is -1.14. The molecule has 1 N–H and O–H groups in total. The van der Waals surface area contributed by atoms with Gasteiger partial charge in [0.1, 0.15) is 29.0 Å². The number of benzene rings is 2. The molecule has 27 heavy (non-hydrogen) atoms. The van der Waals surface area contributed by atoms with Crippen molar-refractivity contribution in [2.45, 2.75) is 24.3 Å². The monoisotopic (exact) mass is 417 g/mol. The van der Waals surface area contributed by atoms with Crippen molar-refractivity contribution in [3.05, 3.63) is 64.7 Å². The molecule has 0 bridgehead atoms. The topological polar surface area (TPSA) is 83.9 Å². The highest BCUT2D eigenvalue weighted by Crippen LogP contribution is 2.40. The molecule has 2 aromatic rings. The van der Waals surface area contributed by atoms with Gasteiger partial charge in [-0.05, 0) is 48.9 Å². The number of carbonyl (C=O) groups excluding carboxylic acids is 1. The second-order valence-electron chi connectivity index (χ2n) is 6.06. The molecule has 144 valence electrons. The summed E-state index contributed by atoms with van der Waals surface area (Å²) in [5.74, 6) is -1.81. The zero-order chi connectivity index (χ0) is 19.9. The number of rotatable bonds is 4. The standard InChI is InChI=1S/C17H14ClF2NO5S/c1-9(27(23,24)25)16-15(10-6-12(19)8-13(20)7-10)21(17(22)26-16)14-4-2-11(18)3-5-14/h2-9,15-16H,1H3,(H,23,24,25)/t9?,15-,16-/m0/s1. The second-order valence-corrected chi connectivity index (χ2v) is 8.27. The first-order valence-corrected chi connectivity index (χ1v) is 9.64. The van der Waals surface area contributed by atoms with E-state index in [9.17, 15) is 26.5 Å². The van der Waals surface area contributed by atoms with E-state index in [1.165, 1.54) is 24.3 Å². The Labute approximate surface area is 159 Å². The fourth-order valence-electron chi connectivity index (χ4n) is 2.97. The predicted octanol–water partition coefficient (Wildman–Crippen LogP) is 3.96. The summed E-state index contributed by atoms with van der Waals surface area (Å²) < 4.78 is 65.3. The van der Waals surface area contributed by atoms with Crippen molar-refractivity contribution in [1.82, 2.24) is 0 Å². The van der Waals surface area contributed by atoms with Crippen LogP contribution in [0.25, 0.3) is 0 Å². The van der Waals surface area contributed by atoms with Crippen molar-refractivity contribution in [2.24, 2.45) is 0 Å². The average Bonchev–Trinajstić information content (AvgIpc) is 2.90. The van der Waals surface area contributed by atoms with Crippen LogP contribution in [0.15, 0.2) is 42.5 Å². The average molecular weight is 418 g/mol. The van der Waals surface area contributed by atoms with Gasteiger partial charge in [-0.3, -0.25) is 9.45 Å². The van der Waals surface area contributed by atoms with E-state index in [0.29, 0.717) is 11.1 Å². The maximum Gasteiger partial charge on any atom is 0.415 e. The minimum Gasteiger partial charge on any atom is -0.442 e. The van der Waals surface area contributed by atoms with E-state index in [2.05, 4.69) is 0 Å². The lowest BCUT2D eigenvalue weighted by Gasteiger charge is -2.27. The van der Waals surface area contributed by atoms with Crippen LogP contribution in [0.1, 0.15) is 18.5 Å². The van der Waals surface area contributed by atoms with Crippen molar-refractivity contribution in [3.63, 3.8) is 0 Å². The van der Waals surface area contributed by atoms with Crippen molar-refractivity contribution in [1.29, 1.82) is 0 Å². The molecule has 0 saturated carbocycles. The lowest BCUT2D eigenvalue weighted by Crippen LogP contribution is -2.37. The first-order chi connectivity index (χ1) is 12.6. The number of cyclic esters (lactones) is 1. The molecule has 2 aromatic carbocycles. The highest BCUT2D eigenvalue weighted by molar-refractivity contribution is 7.86. The van der Waals surface area contributed by atoms with Crippen LogP contribution in [0, 0.1) is 11.6 Å². The zero-order valence-electron chi connectivity index (χ0n) is 13.8. The first-order valence-electron chi connectivity index (χ1n) is 7.75. The molecule has 1 fully saturated rings. The molecular formula is C17H14ClF2NO5S. The molecule has 3 rings (SSSR count). The van der Waals surface area contributed by atoms with Crippen LogP contribution in [-0.4, -0.2) is 30.4 Å². The number of nitrogens with zero attached hydrogens (tertiary/aromatic N) is 1. The highest BCUT2D eigenvalue weighted by Gasteiger charge is 2.49. The molecule has 0 aromatic heterocycles. The van der Waals surface area contributed by atoms with Crippen LogP contribution in [0.2, 0.25) is 5.02 Å². The quantitative estimate of drug-likeness (QED) is 0.761. The van der Waals surface area contributed by atoms with E-state index in [4.69, 9.17) is 16.3 Å². The summed E-state index contributed by atoms with van der Waals surface area (Å²) in [4.78, 5) is 13.5. The third-order valence-corrected chi connectivity index (χ3v) is 5.75. The van der Waals surface area contributed by atoms with Gasteiger partial charge in [0.2, 0.25) is 0 Å². The third-order valence-electron chi connectivity index (χ3n) is 4.29. The van der Waals surface area contributed by atoms with Crippen molar-refractivity contribution in [2.75, 3.05) is 4.90 Å². The first kappa shape index (κ1) is 19.5. The van der Waals surface area contributed by atoms with E-state index >= 15 is 0 Å². The molecule has 1 aliphatic heterocycles.